The van der Waals surface area contributed by atoms with Crippen LogP contribution in [0, 0.1) is 6.92 Å². The van der Waals surface area contributed by atoms with E-state index in [1.54, 1.807) is 23.7 Å². The molecule has 4 nitrogen and oxygen atoms in total. The molecule has 0 aliphatic rings. The standard InChI is InChI=1S/C23H30N2O2S/c1-4-21(23(27)24-3)25(15-14-19-8-6-5-7-9-19)22(26)17-28-16-20-12-10-18(2)11-13-20/h5-13,21H,4,14-17H2,1-3H3,(H,24,27)/t21-/m1/s1. The number of hydrogen-bond donors (Lipinski definition) is 1. The van der Waals surface area contributed by atoms with Crippen molar-refractivity contribution < 1.29 is 9.59 Å². The van der Waals surface area contributed by atoms with Crippen LogP contribution in [0.5, 0.6) is 0 Å². The Balaban J connectivity index is 2.00. The Hall–Kier alpha value is -2.27. The minimum atomic E-state index is -0.429. The maximum atomic E-state index is 13.0. The van der Waals surface area contributed by atoms with Gasteiger partial charge in [-0.3, -0.25) is 9.59 Å². The Morgan fingerprint density at radius 1 is 1.04 bits per heavy atom. The number of likely N-dealkylation sites (N-methyl/N-ethyl adjacent to an activating group) is 1. The largest absolute Gasteiger partial charge is 0.357 e. The maximum absolute atomic E-state index is 13.0. The van der Waals surface area contributed by atoms with Crippen LogP contribution in [0.15, 0.2) is 54.6 Å². The smallest absolute Gasteiger partial charge is 0.242 e. The van der Waals surface area contributed by atoms with E-state index in [4.69, 9.17) is 0 Å². The van der Waals surface area contributed by atoms with E-state index in [9.17, 15) is 9.59 Å². The summed E-state index contributed by atoms with van der Waals surface area (Å²) >= 11 is 1.59. The van der Waals surface area contributed by atoms with Gasteiger partial charge in [0.05, 0.1) is 5.75 Å². The predicted octanol–water partition coefficient (Wildman–Crippen LogP) is 3.82. The topological polar surface area (TPSA) is 49.4 Å². The van der Waals surface area contributed by atoms with E-state index in [0.29, 0.717) is 18.7 Å². The highest BCUT2D eigenvalue weighted by Gasteiger charge is 2.27. The summed E-state index contributed by atoms with van der Waals surface area (Å²) in [6.45, 7) is 4.55. The van der Waals surface area contributed by atoms with E-state index in [0.717, 1.165) is 12.2 Å². The van der Waals surface area contributed by atoms with Crippen LogP contribution in [0.3, 0.4) is 0 Å². The van der Waals surface area contributed by atoms with Crippen LogP contribution in [0.4, 0.5) is 0 Å². The summed E-state index contributed by atoms with van der Waals surface area (Å²) in [5.41, 5.74) is 3.60. The molecule has 150 valence electrons. The summed E-state index contributed by atoms with van der Waals surface area (Å²) in [7, 11) is 1.62. The molecule has 2 aromatic carbocycles. The summed E-state index contributed by atoms with van der Waals surface area (Å²) in [6, 6.07) is 18.0. The average Bonchev–Trinajstić information content (AvgIpc) is 2.72. The highest BCUT2D eigenvalue weighted by atomic mass is 32.2. The Morgan fingerprint density at radius 2 is 1.71 bits per heavy atom. The normalized spacial score (nSPS) is 11.7. The third-order valence-corrected chi connectivity index (χ3v) is 5.72. The molecule has 0 spiro atoms. The van der Waals surface area contributed by atoms with Gasteiger partial charge in [-0.25, -0.2) is 0 Å². The van der Waals surface area contributed by atoms with Crippen molar-refractivity contribution >= 4 is 23.6 Å². The second kappa shape index (κ2) is 11.5. The highest BCUT2D eigenvalue weighted by molar-refractivity contribution is 7.99. The molecule has 1 N–H and O–H groups in total. The van der Waals surface area contributed by atoms with Crippen molar-refractivity contribution in [2.45, 2.75) is 38.5 Å². The molecule has 0 aliphatic carbocycles. The van der Waals surface area contributed by atoms with E-state index in [-0.39, 0.29) is 11.8 Å². The molecule has 0 radical (unpaired) electrons. The summed E-state index contributed by atoms with van der Waals surface area (Å²) in [5, 5.41) is 2.70. The van der Waals surface area contributed by atoms with Gasteiger partial charge in [0.1, 0.15) is 6.04 Å². The lowest BCUT2D eigenvalue weighted by atomic mass is 10.1. The Labute approximate surface area is 172 Å². The number of thioether (sulfide) groups is 1. The lowest BCUT2D eigenvalue weighted by Gasteiger charge is -2.30. The number of hydrogen-bond acceptors (Lipinski definition) is 3. The number of amides is 2. The minimum Gasteiger partial charge on any atom is -0.357 e. The fourth-order valence-corrected chi connectivity index (χ4v) is 3.96. The third kappa shape index (κ3) is 6.71. The zero-order valence-electron chi connectivity index (χ0n) is 17.0. The van der Waals surface area contributed by atoms with Gasteiger partial charge in [0.15, 0.2) is 0 Å². The molecular formula is C23H30N2O2S. The number of nitrogens with zero attached hydrogens (tertiary/aromatic N) is 1. The van der Waals surface area contributed by atoms with Gasteiger partial charge in [-0.15, -0.1) is 11.8 Å². The van der Waals surface area contributed by atoms with Gasteiger partial charge in [0.25, 0.3) is 0 Å². The fraction of sp³-hybridized carbons (Fsp3) is 0.391. The second-order valence-electron chi connectivity index (χ2n) is 6.84. The van der Waals surface area contributed by atoms with Crippen molar-refractivity contribution in [2.24, 2.45) is 0 Å². The summed E-state index contributed by atoms with van der Waals surface area (Å²) < 4.78 is 0. The van der Waals surface area contributed by atoms with Gasteiger partial charge >= 0.3 is 0 Å². The van der Waals surface area contributed by atoms with E-state index < -0.39 is 6.04 Å². The van der Waals surface area contributed by atoms with Crippen molar-refractivity contribution in [3.8, 4) is 0 Å². The monoisotopic (exact) mass is 398 g/mol. The van der Waals surface area contributed by atoms with Gasteiger partial charge in [-0.05, 0) is 30.9 Å². The van der Waals surface area contributed by atoms with Crippen LogP contribution >= 0.6 is 11.8 Å². The number of nitrogens with one attached hydrogen (secondary N) is 1. The lowest BCUT2D eigenvalue weighted by molar-refractivity contribution is -0.138. The Morgan fingerprint density at radius 3 is 2.32 bits per heavy atom. The van der Waals surface area contributed by atoms with E-state index in [1.165, 1.54) is 16.7 Å². The molecule has 0 aromatic heterocycles. The van der Waals surface area contributed by atoms with E-state index >= 15 is 0 Å². The molecule has 2 rings (SSSR count). The summed E-state index contributed by atoms with van der Waals surface area (Å²) in [6.07, 6.45) is 1.34. The molecule has 0 heterocycles. The predicted molar refractivity (Wildman–Crippen MR) is 117 cm³/mol. The van der Waals surface area contributed by atoms with Crippen LogP contribution < -0.4 is 5.32 Å². The fourth-order valence-electron chi connectivity index (χ4n) is 3.09. The molecule has 0 unspecified atom stereocenters. The first-order valence-electron chi connectivity index (χ1n) is 9.73. The summed E-state index contributed by atoms with van der Waals surface area (Å²) in [5.74, 6) is 1.07. The van der Waals surface area contributed by atoms with E-state index in [1.807, 2.05) is 25.1 Å². The van der Waals surface area contributed by atoms with Crippen LogP contribution in [-0.2, 0) is 21.8 Å². The van der Waals surface area contributed by atoms with E-state index in [2.05, 4.69) is 48.6 Å². The molecule has 1 atom stereocenters. The molecule has 28 heavy (non-hydrogen) atoms. The lowest BCUT2D eigenvalue weighted by Crippen LogP contribution is -2.50. The molecule has 0 fully saturated rings. The average molecular weight is 399 g/mol. The highest BCUT2D eigenvalue weighted by Crippen LogP contribution is 2.16. The third-order valence-electron chi connectivity index (χ3n) is 4.73. The first-order chi connectivity index (χ1) is 13.5. The number of aryl methyl sites for hydroxylation is 1. The molecule has 2 aromatic rings. The number of carbonyl (C=O) groups excluding carboxylic acids is 2. The van der Waals surface area contributed by atoms with Crippen LogP contribution in [0.25, 0.3) is 0 Å². The molecular weight excluding hydrogens is 368 g/mol. The SMILES string of the molecule is CC[C@H](C(=O)NC)N(CCc1ccccc1)C(=O)CSCc1ccc(C)cc1. The van der Waals surface area contributed by atoms with Crippen molar-refractivity contribution in [1.82, 2.24) is 10.2 Å². The van der Waals surface area contributed by atoms with Gasteiger partial charge in [-0.2, -0.15) is 0 Å². The zero-order chi connectivity index (χ0) is 20.4. The van der Waals surface area contributed by atoms with Gasteiger partial charge in [0, 0.05) is 19.3 Å². The molecule has 0 saturated carbocycles. The van der Waals surface area contributed by atoms with Crippen molar-refractivity contribution in [2.75, 3.05) is 19.3 Å². The van der Waals surface area contributed by atoms with Gasteiger partial charge in [0.2, 0.25) is 11.8 Å². The van der Waals surface area contributed by atoms with Gasteiger partial charge < -0.3 is 10.2 Å². The number of benzene rings is 2. The molecule has 0 saturated heterocycles. The van der Waals surface area contributed by atoms with Crippen LogP contribution in [-0.4, -0.2) is 42.1 Å². The Kier molecular flexibility index (Phi) is 9.08. The van der Waals surface area contributed by atoms with Crippen molar-refractivity contribution in [3.05, 3.63) is 71.3 Å². The Bertz CT molecular complexity index is 747. The molecule has 5 heteroatoms. The van der Waals surface area contributed by atoms with Gasteiger partial charge in [-0.1, -0.05) is 67.1 Å². The first-order valence-corrected chi connectivity index (χ1v) is 10.9. The molecule has 0 bridgehead atoms. The second-order valence-corrected chi connectivity index (χ2v) is 7.83. The van der Waals surface area contributed by atoms with Crippen molar-refractivity contribution in [1.29, 1.82) is 0 Å². The molecule has 0 aliphatic heterocycles. The first kappa shape index (κ1) is 22.0. The minimum absolute atomic E-state index is 0.0171. The van der Waals surface area contributed by atoms with Crippen LogP contribution in [0.1, 0.15) is 30.0 Å². The quantitative estimate of drug-likeness (QED) is 0.662. The number of carbonyl (C=O) groups is 2. The number of rotatable bonds is 10. The summed E-state index contributed by atoms with van der Waals surface area (Å²) in [4.78, 5) is 27.0. The zero-order valence-corrected chi connectivity index (χ0v) is 17.8. The van der Waals surface area contributed by atoms with Crippen molar-refractivity contribution in [3.63, 3.8) is 0 Å². The molecule has 2 amide bonds. The maximum Gasteiger partial charge on any atom is 0.242 e. The van der Waals surface area contributed by atoms with Crippen LogP contribution in [0.2, 0.25) is 0 Å².